The fourth-order valence-electron chi connectivity index (χ4n) is 0.706. The Bertz CT molecular complexity index is 146. The van der Waals surface area contributed by atoms with E-state index in [2.05, 4.69) is 32.8 Å². The highest BCUT2D eigenvalue weighted by molar-refractivity contribution is 9.09. The molecule has 0 spiro atoms. The molecule has 1 rings (SSSR count). The van der Waals surface area contributed by atoms with Crippen LogP contribution in [0.5, 0.6) is 0 Å². The highest BCUT2D eigenvalue weighted by Gasteiger charge is 1.89. The first-order valence-corrected chi connectivity index (χ1v) is 5.07. The summed E-state index contributed by atoms with van der Waals surface area (Å²) in [6.07, 6.45) is 2.46. The maximum absolute atomic E-state index is 3.40. The summed E-state index contributed by atoms with van der Waals surface area (Å²) in [7, 11) is 0. The first-order valence-electron chi connectivity index (χ1n) is 3.00. The highest BCUT2D eigenvalue weighted by Crippen LogP contribution is 2.08. The van der Waals surface area contributed by atoms with Crippen LogP contribution in [0.25, 0.3) is 0 Å². The van der Waals surface area contributed by atoms with Crippen molar-refractivity contribution in [1.29, 1.82) is 0 Å². The molecule has 0 N–H and O–H groups in total. The van der Waals surface area contributed by atoms with Crippen molar-refractivity contribution in [1.82, 2.24) is 0 Å². The number of aryl methyl sites for hydroxylation is 1. The summed E-state index contributed by atoms with van der Waals surface area (Å²) >= 11 is 5.17. The molecular formula is C7H9BrS. The molecule has 0 nitrogen and oxygen atoms in total. The summed E-state index contributed by atoms with van der Waals surface area (Å²) in [4.78, 5) is 0. The Labute approximate surface area is 68.0 Å². The largest absolute Gasteiger partial charge is 0.152 e. The van der Waals surface area contributed by atoms with Crippen molar-refractivity contribution in [3.05, 3.63) is 22.4 Å². The summed E-state index contributed by atoms with van der Waals surface area (Å²) in [5, 5.41) is 5.45. The summed E-state index contributed by atoms with van der Waals surface area (Å²) in [5.41, 5.74) is 1.47. The quantitative estimate of drug-likeness (QED) is 0.665. The first-order chi connectivity index (χ1) is 4.43. The van der Waals surface area contributed by atoms with Gasteiger partial charge in [0.1, 0.15) is 0 Å². The summed E-state index contributed by atoms with van der Waals surface area (Å²) in [6, 6.07) is 2.19. The second-order valence-electron chi connectivity index (χ2n) is 1.92. The van der Waals surface area contributed by atoms with E-state index in [1.807, 2.05) is 0 Å². The third-order valence-corrected chi connectivity index (χ3v) is 2.47. The fourth-order valence-corrected chi connectivity index (χ4v) is 1.69. The molecule has 1 aromatic rings. The normalized spacial score (nSPS) is 9.89. The van der Waals surface area contributed by atoms with Gasteiger partial charge in [-0.1, -0.05) is 15.9 Å². The number of halogens is 1. The van der Waals surface area contributed by atoms with Crippen LogP contribution in [0.4, 0.5) is 0 Å². The molecule has 0 saturated heterocycles. The molecule has 0 aliphatic rings. The topological polar surface area (TPSA) is 0 Å². The van der Waals surface area contributed by atoms with Crippen LogP contribution < -0.4 is 0 Å². The van der Waals surface area contributed by atoms with Crippen molar-refractivity contribution in [3.8, 4) is 0 Å². The number of thiophene rings is 1. The van der Waals surface area contributed by atoms with Crippen LogP contribution in [-0.4, -0.2) is 5.33 Å². The molecule has 50 valence electrons. The number of rotatable bonds is 3. The average molecular weight is 205 g/mol. The Balaban J connectivity index is 2.30. The molecular weight excluding hydrogens is 196 g/mol. The zero-order valence-corrected chi connectivity index (χ0v) is 7.54. The standard InChI is InChI=1S/C7H9BrS/c8-4-1-2-7-3-5-9-6-7/h3,5-6H,1-2,4H2. The van der Waals surface area contributed by atoms with E-state index in [0.717, 1.165) is 5.33 Å². The highest BCUT2D eigenvalue weighted by atomic mass is 79.9. The third-order valence-electron chi connectivity index (χ3n) is 1.18. The zero-order chi connectivity index (χ0) is 6.53. The van der Waals surface area contributed by atoms with Gasteiger partial charge < -0.3 is 0 Å². The molecule has 1 aromatic heterocycles. The van der Waals surface area contributed by atoms with Crippen molar-refractivity contribution in [3.63, 3.8) is 0 Å². The number of alkyl halides is 1. The summed E-state index contributed by atoms with van der Waals surface area (Å²) < 4.78 is 0. The summed E-state index contributed by atoms with van der Waals surface area (Å²) in [6.45, 7) is 0. The molecule has 0 bridgehead atoms. The van der Waals surface area contributed by atoms with Crippen LogP contribution in [0.2, 0.25) is 0 Å². The lowest BCUT2D eigenvalue weighted by atomic mass is 10.2. The van der Waals surface area contributed by atoms with Crippen LogP contribution in [0.1, 0.15) is 12.0 Å². The molecule has 0 saturated carbocycles. The Morgan fingerprint density at radius 1 is 1.56 bits per heavy atom. The van der Waals surface area contributed by atoms with Crippen LogP contribution in [0, 0.1) is 0 Å². The van der Waals surface area contributed by atoms with E-state index in [0.29, 0.717) is 0 Å². The van der Waals surface area contributed by atoms with E-state index in [-0.39, 0.29) is 0 Å². The Hall–Kier alpha value is 0.180. The molecule has 0 aromatic carbocycles. The second kappa shape index (κ2) is 4.07. The molecule has 0 amide bonds. The average Bonchev–Trinajstić information content (AvgIpc) is 2.34. The molecule has 0 radical (unpaired) electrons. The van der Waals surface area contributed by atoms with Gasteiger partial charge in [-0.2, -0.15) is 11.3 Å². The maximum atomic E-state index is 3.40. The van der Waals surface area contributed by atoms with Crippen LogP contribution in [0.15, 0.2) is 16.8 Å². The number of hydrogen-bond donors (Lipinski definition) is 0. The number of hydrogen-bond acceptors (Lipinski definition) is 1. The molecule has 0 fully saturated rings. The van der Waals surface area contributed by atoms with Gasteiger partial charge in [-0.15, -0.1) is 0 Å². The molecule has 2 heteroatoms. The maximum Gasteiger partial charge on any atom is 0.00344 e. The van der Waals surface area contributed by atoms with E-state index in [9.17, 15) is 0 Å². The minimum Gasteiger partial charge on any atom is -0.152 e. The van der Waals surface area contributed by atoms with Gasteiger partial charge in [0.25, 0.3) is 0 Å². The Kier molecular flexibility index (Phi) is 3.30. The molecule has 9 heavy (non-hydrogen) atoms. The first kappa shape index (κ1) is 7.29. The molecule has 0 aliphatic carbocycles. The monoisotopic (exact) mass is 204 g/mol. The Morgan fingerprint density at radius 2 is 2.44 bits per heavy atom. The molecule has 0 aliphatic heterocycles. The van der Waals surface area contributed by atoms with Gasteiger partial charge >= 0.3 is 0 Å². The van der Waals surface area contributed by atoms with E-state index in [4.69, 9.17) is 0 Å². The van der Waals surface area contributed by atoms with E-state index in [1.165, 1.54) is 18.4 Å². The minimum absolute atomic E-state index is 1.11. The van der Waals surface area contributed by atoms with Crippen molar-refractivity contribution >= 4 is 27.3 Å². The molecule has 1 heterocycles. The van der Waals surface area contributed by atoms with Gasteiger partial charge in [0.2, 0.25) is 0 Å². The predicted octanol–water partition coefficient (Wildman–Crippen LogP) is 3.08. The van der Waals surface area contributed by atoms with Gasteiger partial charge in [0.05, 0.1) is 0 Å². The summed E-state index contributed by atoms with van der Waals surface area (Å²) in [5.74, 6) is 0. The lowest BCUT2D eigenvalue weighted by molar-refractivity contribution is 0.945. The lowest BCUT2D eigenvalue weighted by Gasteiger charge is -1.89. The Morgan fingerprint density at radius 3 is 3.00 bits per heavy atom. The van der Waals surface area contributed by atoms with Crippen molar-refractivity contribution < 1.29 is 0 Å². The van der Waals surface area contributed by atoms with Crippen LogP contribution in [-0.2, 0) is 6.42 Å². The minimum atomic E-state index is 1.11. The smallest absolute Gasteiger partial charge is 0.00344 e. The van der Waals surface area contributed by atoms with Gasteiger partial charge in [-0.25, -0.2) is 0 Å². The predicted molar refractivity (Wildman–Crippen MR) is 46.4 cm³/mol. The SMILES string of the molecule is BrCCCc1ccsc1. The van der Waals surface area contributed by atoms with Crippen LogP contribution in [0.3, 0.4) is 0 Å². The van der Waals surface area contributed by atoms with Crippen molar-refractivity contribution in [2.24, 2.45) is 0 Å². The zero-order valence-electron chi connectivity index (χ0n) is 5.14. The molecule has 0 unspecified atom stereocenters. The van der Waals surface area contributed by atoms with E-state index in [1.54, 1.807) is 11.3 Å². The van der Waals surface area contributed by atoms with Gasteiger partial charge in [0, 0.05) is 5.33 Å². The van der Waals surface area contributed by atoms with Crippen molar-refractivity contribution in [2.75, 3.05) is 5.33 Å². The fraction of sp³-hybridized carbons (Fsp3) is 0.429. The lowest BCUT2D eigenvalue weighted by Crippen LogP contribution is -1.80. The second-order valence-corrected chi connectivity index (χ2v) is 3.50. The third kappa shape index (κ3) is 2.50. The van der Waals surface area contributed by atoms with E-state index >= 15 is 0 Å². The van der Waals surface area contributed by atoms with Crippen molar-refractivity contribution in [2.45, 2.75) is 12.8 Å². The van der Waals surface area contributed by atoms with E-state index < -0.39 is 0 Å². The van der Waals surface area contributed by atoms with Gasteiger partial charge in [-0.05, 0) is 35.2 Å². The molecule has 0 atom stereocenters. The van der Waals surface area contributed by atoms with Gasteiger partial charge in [-0.3, -0.25) is 0 Å². The van der Waals surface area contributed by atoms with Crippen LogP contribution >= 0.6 is 27.3 Å². The van der Waals surface area contributed by atoms with Gasteiger partial charge in [0.15, 0.2) is 0 Å².